The van der Waals surface area contributed by atoms with Crippen LogP contribution in [0.1, 0.15) is 27.6 Å². The normalized spacial score (nSPS) is 12.5. The molecule has 0 aliphatic carbocycles. The average molecular weight is 216 g/mol. The standard InChI is InChI=1S/C8H12N2O3S/c1-2-13-8(11)6-4-3-5(14-6)7(9)10-12/h3-4,7,10,12H,2,9H2,1H3. The Balaban J connectivity index is 2.72. The zero-order valence-corrected chi connectivity index (χ0v) is 8.50. The summed E-state index contributed by atoms with van der Waals surface area (Å²) in [7, 11) is 0. The molecule has 1 rings (SSSR count). The summed E-state index contributed by atoms with van der Waals surface area (Å²) >= 11 is 1.19. The molecular formula is C8H12N2O3S. The first-order valence-electron chi connectivity index (χ1n) is 4.11. The molecule has 0 saturated heterocycles. The van der Waals surface area contributed by atoms with E-state index in [9.17, 15) is 4.79 Å². The van der Waals surface area contributed by atoms with Crippen molar-refractivity contribution in [3.8, 4) is 0 Å². The van der Waals surface area contributed by atoms with E-state index in [0.717, 1.165) is 0 Å². The molecule has 6 heteroatoms. The number of hydrogen-bond acceptors (Lipinski definition) is 6. The summed E-state index contributed by atoms with van der Waals surface area (Å²) in [5.41, 5.74) is 7.38. The summed E-state index contributed by atoms with van der Waals surface area (Å²) < 4.78 is 4.80. The van der Waals surface area contributed by atoms with Crippen LogP contribution in [-0.4, -0.2) is 17.8 Å². The first kappa shape index (κ1) is 11.1. The van der Waals surface area contributed by atoms with Crippen molar-refractivity contribution in [2.75, 3.05) is 6.61 Å². The zero-order valence-electron chi connectivity index (χ0n) is 7.69. The van der Waals surface area contributed by atoms with Gasteiger partial charge in [0.25, 0.3) is 0 Å². The monoisotopic (exact) mass is 216 g/mol. The third-order valence-electron chi connectivity index (χ3n) is 1.55. The molecule has 0 saturated carbocycles. The Morgan fingerprint density at radius 2 is 2.50 bits per heavy atom. The zero-order chi connectivity index (χ0) is 10.6. The van der Waals surface area contributed by atoms with Crippen LogP contribution in [0.25, 0.3) is 0 Å². The second kappa shape index (κ2) is 5.06. The van der Waals surface area contributed by atoms with E-state index in [2.05, 4.69) is 0 Å². The second-order valence-corrected chi connectivity index (χ2v) is 3.64. The van der Waals surface area contributed by atoms with Crippen LogP contribution in [0, 0.1) is 0 Å². The summed E-state index contributed by atoms with van der Waals surface area (Å²) in [6.07, 6.45) is -0.664. The van der Waals surface area contributed by atoms with Crippen molar-refractivity contribution >= 4 is 17.3 Å². The number of esters is 1. The van der Waals surface area contributed by atoms with Gasteiger partial charge < -0.3 is 15.7 Å². The number of ether oxygens (including phenoxy) is 1. The fourth-order valence-corrected chi connectivity index (χ4v) is 1.74. The molecule has 1 aromatic rings. The first-order valence-corrected chi connectivity index (χ1v) is 4.92. The van der Waals surface area contributed by atoms with E-state index in [4.69, 9.17) is 15.7 Å². The van der Waals surface area contributed by atoms with Gasteiger partial charge in [0.1, 0.15) is 11.0 Å². The number of nitrogens with one attached hydrogen (secondary N) is 1. The van der Waals surface area contributed by atoms with Crippen molar-refractivity contribution < 1.29 is 14.7 Å². The highest BCUT2D eigenvalue weighted by atomic mass is 32.1. The molecule has 0 aliphatic rings. The van der Waals surface area contributed by atoms with Crippen molar-refractivity contribution in [3.63, 3.8) is 0 Å². The van der Waals surface area contributed by atoms with E-state index in [1.807, 2.05) is 5.48 Å². The molecule has 0 spiro atoms. The highest BCUT2D eigenvalue weighted by molar-refractivity contribution is 7.14. The van der Waals surface area contributed by atoms with Crippen LogP contribution in [0.3, 0.4) is 0 Å². The molecule has 0 aromatic carbocycles. The first-order chi connectivity index (χ1) is 6.69. The van der Waals surface area contributed by atoms with Gasteiger partial charge in [-0.2, -0.15) is 5.48 Å². The number of hydroxylamine groups is 1. The third kappa shape index (κ3) is 2.52. The van der Waals surface area contributed by atoms with Crippen LogP contribution < -0.4 is 11.2 Å². The van der Waals surface area contributed by atoms with Crippen molar-refractivity contribution in [3.05, 3.63) is 21.9 Å². The molecule has 0 aliphatic heterocycles. The lowest BCUT2D eigenvalue weighted by molar-refractivity contribution is 0.0532. The topological polar surface area (TPSA) is 84.6 Å². The smallest absolute Gasteiger partial charge is 0.348 e. The van der Waals surface area contributed by atoms with Crippen LogP contribution in [0.4, 0.5) is 0 Å². The maximum absolute atomic E-state index is 11.2. The molecule has 1 atom stereocenters. The highest BCUT2D eigenvalue weighted by Gasteiger charge is 2.13. The predicted octanol–water partition coefficient (Wildman–Crippen LogP) is 0.861. The van der Waals surface area contributed by atoms with Gasteiger partial charge in [-0.15, -0.1) is 11.3 Å². The largest absolute Gasteiger partial charge is 0.462 e. The molecule has 78 valence electrons. The fraction of sp³-hybridized carbons (Fsp3) is 0.375. The van der Waals surface area contributed by atoms with Gasteiger partial charge in [0.15, 0.2) is 0 Å². The number of nitrogens with two attached hydrogens (primary N) is 1. The van der Waals surface area contributed by atoms with E-state index in [-0.39, 0.29) is 5.97 Å². The van der Waals surface area contributed by atoms with Gasteiger partial charge in [-0.25, -0.2) is 4.79 Å². The summed E-state index contributed by atoms with van der Waals surface area (Å²) in [6.45, 7) is 2.09. The quantitative estimate of drug-likeness (QED) is 0.395. The van der Waals surface area contributed by atoms with Gasteiger partial charge in [-0.05, 0) is 19.1 Å². The number of thiophene rings is 1. The summed E-state index contributed by atoms with van der Waals surface area (Å²) in [4.78, 5) is 12.4. The molecule has 4 N–H and O–H groups in total. The lowest BCUT2D eigenvalue weighted by atomic mass is 10.4. The minimum atomic E-state index is -0.664. The number of carbonyl (C=O) groups is 1. The minimum Gasteiger partial charge on any atom is -0.462 e. The Labute approximate surface area is 85.4 Å². The van der Waals surface area contributed by atoms with Gasteiger partial charge in [-0.3, -0.25) is 0 Å². The molecule has 14 heavy (non-hydrogen) atoms. The predicted molar refractivity (Wildman–Crippen MR) is 52.1 cm³/mol. The average Bonchev–Trinajstić information content (AvgIpc) is 2.66. The second-order valence-electron chi connectivity index (χ2n) is 2.53. The van der Waals surface area contributed by atoms with Crippen LogP contribution in [0.5, 0.6) is 0 Å². The molecule has 0 radical (unpaired) electrons. The van der Waals surface area contributed by atoms with Crippen LogP contribution >= 0.6 is 11.3 Å². The van der Waals surface area contributed by atoms with Crippen LogP contribution in [0.15, 0.2) is 12.1 Å². The van der Waals surface area contributed by atoms with Gasteiger partial charge in [0.05, 0.1) is 6.61 Å². The molecule has 1 aromatic heterocycles. The molecule has 0 bridgehead atoms. The summed E-state index contributed by atoms with van der Waals surface area (Å²) in [6, 6.07) is 3.29. The lowest BCUT2D eigenvalue weighted by Crippen LogP contribution is -2.24. The Morgan fingerprint density at radius 3 is 3.07 bits per heavy atom. The van der Waals surface area contributed by atoms with E-state index in [1.54, 1.807) is 19.1 Å². The fourth-order valence-electron chi connectivity index (χ4n) is 0.896. The van der Waals surface area contributed by atoms with E-state index >= 15 is 0 Å². The minimum absolute atomic E-state index is 0.344. The number of rotatable bonds is 4. The molecule has 1 heterocycles. The molecule has 0 amide bonds. The Bertz CT molecular complexity index is 313. The van der Waals surface area contributed by atoms with E-state index in [0.29, 0.717) is 16.4 Å². The molecule has 0 fully saturated rings. The molecular weight excluding hydrogens is 204 g/mol. The van der Waals surface area contributed by atoms with Crippen molar-refractivity contribution in [1.29, 1.82) is 0 Å². The van der Waals surface area contributed by atoms with Crippen molar-refractivity contribution in [2.24, 2.45) is 5.73 Å². The lowest BCUT2D eigenvalue weighted by Gasteiger charge is -2.04. The Kier molecular flexibility index (Phi) is 4.02. The molecule has 1 unspecified atom stereocenters. The Morgan fingerprint density at radius 1 is 1.79 bits per heavy atom. The molecule has 5 nitrogen and oxygen atoms in total. The summed E-state index contributed by atoms with van der Waals surface area (Å²) in [5, 5.41) is 8.55. The van der Waals surface area contributed by atoms with Gasteiger partial charge >= 0.3 is 5.97 Å². The van der Waals surface area contributed by atoms with Crippen molar-refractivity contribution in [1.82, 2.24) is 5.48 Å². The third-order valence-corrected chi connectivity index (χ3v) is 2.70. The van der Waals surface area contributed by atoms with Gasteiger partial charge in [0.2, 0.25) is 0 Å². The SMILES string of the molecule is CCOC(=O)c1ccc(C(N)NO)s1. The van der Waals surface area contributed by atoms with Crippen LogP contribution in [0.2, 0.25) is 0 Å². The van der Waals surface area contributed by atoms with Crippen molar-refractivity contribution in [2.45, 2.75) is 13.1 Å². The van der Waals surface area contributed by atoms with E-state index < -0.39 is 6.17 Å². The number of hydrogen-bond donors (Lipinski definition) is 3. The van der Waals surface area contributed by atoms with E-state index in [1.165, 1.54) is 11.3 Å². The van der Waals surface area contributed by atoms with Gasteiger partial charge in [-0.1, -0.05) is 0 Å². The summed E-state index contributed by atoms with van der Waals surface area (Å²) in [5.74, 6) is -0.367. The maximum Gasteiger partial charge on any atom is 0.348 e. The van der Waals surface area contributed by atoms with Gasteiger partial charge in [0, 0.05) is 4.88 Å². The van der Waals surface area contributed by atoms with Crippen LogP contribution in [-0.2, 0) is 4.74 Å². The Hall–Kier alpha value is -0.950. The number of carbonyl (C=O) groups excluding carboxylic acids is 1. The highest BCUT2D eigenvalue weighted by Crippen LogP contribution is 2.20. The maximum atomic E-state index is 11.2.